The molecule has 0 aromatic heterocycles. The smallest absolute Gasteiger partial charge is 0.0900 e. The summed E-state index contributed by atoms with van der Waals surface area (Å²) in [6.07, 6.45) is 0.700. The first kappa shape index (κ1) is 15.4. The van der Waals surface area contributed by atoms with Crippen molar-refractivity contribution in [3.05, 3.63) is 35.9 Å². The molecule has 0 aliphatic carbocycles. The van der Waals surface area contributed by atoms with Crippen LogP contribution in [0, 0.1) is 5.92 Å². The van der Waals surface area contributed by atoms with Crippen molar-refractivity contribution in [2.75, 3.05) is 26.2 Å². The second kappa shape index (κ2) is 7.74. The second-order valence-corrected chi connectivity index (χ2v) is 5.79. The van der Waals surface area contributed by atoms with Crippen LogP contribution >= 0.6 is 0 Å². The molecule has 1 fully saturated rings. The first-order valence-electron chi connectivity index (χ1n) is 7.43. The summed E-state index contributed by atoms with van der Waals surface area (Å²) in [6, 6.07) is 10.5. The molecule has 1 aliphatic heterocycles. The van der Waals surface area contributed by atoms with Gasteiger partial charge in [-0.3, -0.25) is 4.90 Å². The van der Waals surface area contributed by atoms with E-state index in [1.54, 1.807) is 0 Å². The molecule has 1 heterocycles. The average Bonchev–Trinajstić information content (AvgIpc) is 2.80. The number of aliphatic hydroxyl groups is 1. The number of rotatable bonds is 7. The van der Waals surface area contributed by atoms with Crippen molar-refractivity contribution in [1.29, 1.82) is 0 Å². The molecule has 4 heteroatoms. The Bertz CT molecular complexity index is 385. The third kappa shape index (κ3) is 4.56. The summed E-state index contributed by atoms with van der Waals surface area (Å²) in [5.41, 5.74) is 6.86. The van der Waals surface area contributed by atoms with Crippen molar-refractivity contribution in [2.24, 2.45) is 11.7 Å². The molecule has 0 spiro atoms. The molecule has 0 amide bonds. The number of aliphatic hydroxyl groups excluding tert-OH is 1. The van der Waals surface area contributed by atoms with Gasteiger partial charge in [0, 0.05) is 19.1 Å². The molecule has 0 radical (unpaired) electrons. The maximum Gasteiger partial charge on any atom is 0.0900 e. The Labute approximate surface area is 121 Å². The molecule has 3 N–H and O–H groups in total. The third-order valence-electron chi connectivity index (χ3n) is 3.99. The van der Waals surface area contributed by atoms with Crippen LogP contribution < -0.4 is 5.73 Å². The van der Waals surface area contributed by atoms with Crippen LogP contribution in [0.4, 0.5) is 0 Å². The molecule has 20 heavy (non-hydrogen) atoms. The van der Waals surface area contributed by atoms with Crippen LogP contribution in [0.25, 0.3) is 0 Å². The van der Waals surface area contributed by atoms with Crippen LogP contribution in [0.3, 0.4) is 0 Å². The minimum atomic E-state index is -0.433. The first-order chi connectivity index (χ1) is 9.69. The maximum absolute atomic E-state index is 10.1. The highest BCUT2D eigenvalue weighted by Gasteiger charge is 2.29. The zero-order valence-electron chi connectivity index (χ0n) is 12.2. The number of hydrogen-bond acceptors (Lipinski definition) is 4. The van der Waals surface area contributed by atoms with Gasteiger partial charge in [-0.25, -0.2) is 0 Å². The van der Waals surface area contributed by atoms with Gasteiger partial charge in [-0.1, -0.05) is 30.3 Å². The fourth-order valence-corrected chi connectivity index (χ4v) is 2.85. The van der Waals surface area contributed by atoms with Gasteiger partial charge in [-0.05, 0) is 31.4 Å². The van der Waals surface area contributed by atoms with Crippen molar-refractivity contribution < 1.29 is 9.84 Å². The Morgan fingerprint density at radius 3 is 2.80 bits per heavy atom. The molecule has 3 unspecified atom stereocenters. The van der Waals surface area contributed by atoms with E-state index in [1.807, 2.05) is 30.3 Å². The number of hydrogen-bond donors (Lipinski definition) is 2. The highest BCUT2D eigenvalue weighted by Crippen LogP contribution is 2.22. The van der Waals surface area contributed by atoms with E-state index < -0.39 is 6.10 Å². The number of benzene rings is 1. The number of nitrogens with two attached hydrogens (primary N) is 1. The van der Waals surface area contributed by atoms with E-state index in [9.17, 15) is 5.11 Å². The van der Waals surface area contributed by atoms with Crippen LogP contribution in [-0.2, 0) is 11.3 Å². The predicted octanol–water partition coefficient (Wildman–Crippen LogP) is 1.23. The minimum absolute atomic E-state index is 0.380. The fourth-order valence-electron chi connectivity index (χ4n) is 2.85. The van der Waals surface area contributed by atoms with Gasteiger partial charge in [0.05, 0.1) is 19.3 Å². The molecule has 1 aromatic carbocycles. The molecule has 0 bridgehead atoms. The zero-order valence-corrected chi connectivity index (χ0v) is 12.2. The van der Waals surface area contributed by atoms with Crippen molar-refractivity contribution >= 4 is 0 Å². The van der Waals surface area contributed by atoms with Crippen molar-refractivity contribution in [2.45, 2.75) is 32.1 Å². The molecular formula is C16H26N2O2. The van der Waals surface area contributed by atoms with Crippen molar-refractivity contribution in [1.82, 2.24) is 4.90 Å². The topological polar surface area (TPSA) is 58.7 Å². The van der Waals surface area contributed by atoms with E-state index in [4.69, 9.17) is 10.5 Å². The highest BCUT2D eigenvalue weighted by atomic mass is 16.5. The van der Waals surface area contributed by atoms with Crippen LogP contribution in [0.2, 0.25) is 0 Å². The maximum atomic E-state index is 10.1. The van der Waals surface area contributed by atoms with E-state index in [1.165, 1.54) is 0 Å². The van der Waals surface area contributed by atoms with E-state index in [2.05, 4.69) is 11.8 Å². The normalized spacial score (nSPS) is 24.9. The Morgan fingerprint density at radius 2 is 2.15 bits per heavy atom. The molecule has 2 rings (SSSR count). The number of ether oxygens (including phenoxy) is 1. The fraction of sp³-hybridized carbons (Fsp3) is 0.625. The second-order valence-electron chi connectivity index (χ2n) is 5.79. The molecule has 3 atom stereocenters. The number of β-amino-alcohol motifs (C(OH)–C–C–N with tert-alkyl or cyclic N) is 1. The van der Waals surface area contributed by atoms with Gasteiger partial charge in [0.2, 0.25) is 0 Å². The summed E-state index contributed by atoms with van der Waals surface area (Å²) >= 11 is 0. The van der Waals surface area contributed by atoms with E-state index in [0.29, 0.717) is 31.7 Å². The molecule has 112 valence electrons. The third-order valence-corrected chi connectivity index (χ3v) is 3.99. The number of nitrogens with zero attached hydrogens (tertiary/aromatic N) is 1. The highest BCUT2D eigenvalue weighted by molar-refractivity contribution is 5.13. The van der Waals surface area contributed by atoms with Crippen LogP contribution in [0.5, 0.6) is 0 Å². The van der Waals surface area contributed by atoms with E-state index >= 15 is 0 Å². The Hall–Kier alpha value is -0.940. The van der Waals surface area contributed by atoms with Crippen LogP contribution in [-0.4, -0.2) is 48.4 Å². The molecule has 1 aliphatic rings. The first-order valence-corrected chi connectivity index (χ1v) is 7.43. The Morgan fingerprint density at radius 1 is 1.40 bits per heavy atom. The SMILES string of the molecule is CC1CC(CN)CN1CC(O)COCc1ccccc1. The summed E-state index contributed by atoms with van der Waals surface area (Å²) in [4.78, 5) is 2.31. The van der Waals surface area contributed by atoms with E-state index in [-0.39, 0.29) is 0 Å². The lowest BCUT2D eigenvalue weighted by Crippen LogP contribution is -2.37. The summed E-state index contributed by atoms with van der Waals surface area (Å²) in [6.45, 7) is 5.54. The predicted molar refractivity (Wildman–Crippen MR) is 80.3 cm³/mol. The summed E-state index contributed by atoms with van der Waals surface area (Å²) < 4.78 is 5.58. The van der Waals surface area contributed by atoms with Crippen LogP contribution in [0.1, 0.15) is 18.9 Å². The molecule has 1 aromatic rings. The molecule has 4 nitrogen and oxygen atoms in total. The Balaban J connectivity index is 1.67. The lowest BCUT2D eigenvalue weighted by atomic mass is 10.1. The lowest BCUT2D eigenvalue weighted by molar-refractivity contribution is 0.00849. The summed E-state index contributed by atoms with van der Waals surface area (Å²) in [5, 5.41) is 10.1. The van der Waals surface area contributed by atoms with Gasteiger partial charge in [-0.15, -0.1) is 0 Å². The molecule has 1 saturated heterocycles. The zero-order chi connectivity index (χ0) is 14.4. The van der Waals surface area contributed by atoms with Gasteiger partial charge in [0.1, 0.15) is 0 Å². The molecular weight excluding hydrogens is 252 g/mol. The monoisotopic (exact) mass is 278 g/mol. The van der Waals surface area contributed by atoms with Crippen LogP contribution in [0.15, 0.2) is 30.3 Å². The van der Waals surface area contributed by atoms with Gasteiger partial charge in [-0.2, -0.15) is 0 Å². The van der Waals surface area contributed by atoms with Gasteiger partial charge in [0.15, 0.2) is 0 Å². The number of likely N-dealkylation sites (tertiary alicyclic amines) is 1. The standard InChI is InChI=1S/C16H26N2O2/c1-13-7-15(8-17)9-18(13)10-16(19)12-20-11-14-5-3-2-4-6-14/h2-6,13,15-16,19H,7-12,17H2,1H3. The molecule has 0 saturated carbocycles. The van der Waals surface area contributed by atoms with Gasteiger partial charge in [0.25, 0.3) is 0 Å². The lowest BCUT2D eigenvalue weighted by Gasteiger charge is -2.24. The van der Waals surface area contributed by atoms with Gasteiger partial charge < -0.3 is 15.6 Å². The largest absolute Gasteiger partial charge is 0.389 e. The van der Waals surface area contributed by atoms with Crippen molar-refractivity contribution in [3.63, 3.8) is 0 Å². The minimum Gasteiger partial charge on any atom is -0.389 e. The quantitative estimate of drug-likeness (QED) is 0.788. The summed E-state index contributed by atoms with van der Waals surface area (Å²) in [5.74, 6) is 0.572. The van der Waals surface area contributed by atoms with Crippen molar-refractivity contribution in [3.8, 4) is 0 Å². The van der Waals surface area contributed by atoms with Gasteiger partial charge >= 0.3 is 0 Å². The summed E-state index contributed by atoms with van der Waals surface area (Å²) in [7, 11) is 0. The average molecular weight is 278 g/mol. The Kier molecular flexibility index (Phi) is 5.98. The van der Waals surface area contributed by atoms with E-state index in [0.717, 1.165) is 25.1 Å².